The van der Waals surface area contributed by atoms with E-state index in [9.17, 15) is 0 Å². The summed E-state index contributed by atoms with van der Waals surface area (Å²) in [5.74, 6) is 1.19. The number of thiophene rings is 1. The minimum Gasteiger partial charge on any atom is -0.306 e. The maximum atomic E-state index is 4.74. The lowest BCUT2D eigenvalue weighted by Gasteiger charge is -2.26. The molecule has 0 spiro atoms. The molecule has 90 valence electrons. The minimum atomic E-state index is 0.237. The Morgan fingerprint density at radius 3 is 3.06 bits per heavy atom. The van der Waals surface area contributed by atoms with Gasteiger partial charge in [0.1, 0.15) is 12.0 Å². The van der Waals surface area contributed by atoms with Crippen LogP contribution in [0.3, 0.4) is 0 Å². The molecule has 18 heavy (non-hydrogen) atoms. The fourth-order valence-electron chi connectivity index (χ4n) is 2.65. The zero-order valence-electron chi connectivity index (χ0n) is 9.84. The second-order valence-corrected chi connectivity index (χ2v) is 5.49. The molecule has 0 saturated heterocycles. The Morgan fingerprint density at radius 2 is 2.17 bits per heavy atom. The normalized spacial score (nSPS) is 19.0. The second-order valence-electron chi connectivity index (χ2n) is 4.51. The molecule has 1 aliphatic heterocycles. The highest BCUT2D eigenvalue weighted by Gasteiger charge is 2.24. The summed E-state index contributed by atoms with van der Waals surface area (Å²) >= 11 is 1.79. The standard InChI is InChI=1S/C14H13N3S/c1-2-5-11-10(4-1)16-13-7-8-15-14(17(11)13)12-6-3-9-18-12/h1-6,9,14-15H,7-8H2/t14-/m0/s1. The van der Waals surface area contributed by atoms with E-state index < -0.39 is 0 Å². The van der Waals surface area contributed by atoms with Gasteiger partial charge in [-0.3, -0.25) is 5.32 Å². The van der Waals surface area contributed by atoms with Crippen molar-refractivity contribution in [3.8, 4) is 0 Å². The minimum absolute atomic E-state index is 0.237. The lowest BCUT2D eigenvalue weighted by Crippen LogP contribution is -2.35. The molecule has 1 atom stereocenters. The first kappa shape index (κ1) is 10.3. The molecule has 3 nitrogen and oxygen atoms in total. The maximum Gasteiger partial charge on any atom is 0.121 e. The van der Waals surface area contributed by atoms with Crippen molar-refractivity contribution in [1.29, 1.82) is 0 Å². The van der Waals surface area contributed by atoms with Crippen LogP contribution in [0.25, 0.3) is 11.0 Å². The van der Waals surface area contributed by atoms with E-state index in [1.54, 1.807) is 11.3 Å². The van der Waals surface area contributed by atoms with E-state index in [1.807, 2.05) is 0 Å². The van der Waals surface area contributed by atoms with E-state index in [1.165, 1.54) is 16.2 Å². The van der Waals surface area contributed by atoms with Crippen LogP contribution in [0.2, 0.25) is 0 Å². The molecule has 3 heterocycles. The lowest BCUT2D eigenvalue weighted by atomic mass is 10.2. The van der Waals surface area contributed by atoms with Gasteiger partial charge in [-0.15, -0.1) is 11.3 Å². The first-order chi connectivity index (χ1) is 8.93. The van der Waals surface area contributed by atoms with E-state index in [2.05, 4.69) is 51.7 Å². The Bertz CT molecular complexity index is 684. The summed E-state index contributed by atoms with van der Waals surface area (Å²) in [5.41, 5.74) is 2.32. The van der Waals surface area contributed by atoms with Gasteiger partial charge >= 0.3 is 0 Å². The van der Waals surface area contributed by atoms with E-state index in [0.29, 0.717) is 0 Å². The molecule has 1 N–H and O–H groups in total. The Morgan fingerprint density at radius 1 is 1.22 bits per heavy atom. The van der Waals surface area contributed by atoms with Crippen LogP contribution >= 0.6 is 11.3 Å². The van der Waals surface area contributed by atoms with Crippen LogP contribution in [0.1, 0.15) is 16.9 Å². The first-order valence-electron chi connectivity index (χ1n) is 6.16. The second kappa shape index (κ2) is 3.93. The number of para-hydroxylation sites is 2. The molecule has 4 rings (SSSR count). The third-order valence-electron chi connectivity index (χ3n) is 3.43. The molecule has 0 amide bonds. The SMILES string of the molecule is c1csc([C@H]2NCCc3nc4ccccc4n32)c1. The molecule has 0 radical (unpaired) electrons. The Balaban J connectivity index is 1.97. The average molecular weight is 255 g/mol. The number of nitrogens with zero attached hydrogens (tertiary/aromatic N) is 2. The Labute approximate surface area is 109 Å². The van der Waals surface area contributed by atoms with Crippen molar-refractivity contribution in [3.63, 3.8) is 0 Å². The van der Waals surface area contributed by atoms with Crippen molar-refractivity contribution in [2.45, 2.75) is 12.6 Å². The summed E-state index contributed by atoms with van der Waals surface area (Å²) in [7, 11) is 0. The summed E-state index contributed by atoms with van der Waals surface area (Å²) in [4.78, 5) is 6.09. The van der Waals surface area contributed by atoms with Gasteiger partial charge in [0.2, 0.25) is 0 Å². The third-order valence-corrected chi connectivity index (χ3v) is 4.35. The number of aromatic nitrogens is 2. The molecule has 4 heteroatoms. The summed E-state index contributed by atoms with van der Waals surface area (Å²) < 4.78 is 2.34. The fourth-order valence-corrected chi connectivity index (χ4v) is 3.43. The number of hydrogen-bond acceptors (Lipinski definition) is 3. The smallest absolute Gasteiger partial charge is 0.121 e. The third kappa shape index (κ3) is 1.43. The highest BCUT2D eigenvalue weighted by molar-refractivity contribution is 7.10. The van der Waals surface area contributed by atoms with Crippen molar-refractivity contribution in [1.82, 2.24) is 14.9 Å². The van der Waals surface area contributed by atoms with Crippen LogP contribution in [-0.2, 0) is 6.42 Å². The molecule has 0 saturated carbocycles. The van der Waals surface area contributed by atoms with Crippen LogP contribution in [0.4, 0.5) is 0 Å². The van der Waals surface area contributed by atoms with E-state index in [-0.39, 0.29) is 6.17 Å². The highest BCUT2D eigenvalue weighted by Crippen LogP contribution is 2.29. The van der Waals surface area contributed by atoms with Gasteiger partial charge in [-0.25, -0.2) is 4.98 Å². The molecule has 0 bridgehead atoms. The van der Waals surface area contributed by atoms with Crippen molar-refractivity contribution >= 4 is 22.4 Å². The van der Waals surface area contributed by atoms with Gasteiger partial charge in [-0.1, -0.05) is 18.2 Å². The van der Waals surface area contributed by atoms with E-state index in [0.717, 1.165) is 18.5 Å². The predicted molar refractivity (Wildman–Crippen MR) is 73.9 cm³/mol. The largest absolute Gasteiger partial charge is 0.306 e. The first-order valence-corrected chi connectivity index (χ1v) is 7.04. The fraction of sp³-hybridized carbons (Fsp3) is 0.214. The van der Waals surface area contributed by atoms with Crippen molar-refractivity contribution in [3.05, 3.63) is 52.5 Å². The number of benzene rings is 1. The predicted octanol–water partition coefficient (Wildman–Crippen LogP) is 2.79. The average Bonchev–Trinajstić information content (AvgIpc) is 3.05. The highest BCUT2D eigenvalue weighted by atomic mass is 32.1. The van der Waals surface area contributed by atoms with Crippen LogP contribution < -0.4 is 5.32 Å². The number of hydrogen-bond donors (Lipinski definition) is 1. The lowest BCUT2D eigenvalue weighted by molar-refractivity contribution is 0.428. The molecule has 0 fully saturated rings. The zero-order valence-corrected chi connectivity index (χ0v) is 10.7. The summed E-state index contributed by atoms with van der Waals surface area (Å²) in [6, 6.07) is 12.7. The topological polar surface area (TPSA) is 29.9 Å². The van der Waals surface area contributed by atoms with Crippen LogP contribution in [0.5, 0.6) is 0 Å². The molecule has 3 aromatic rings. The summed E-state index contributed by atoms with van der Waals surface area (Å²) in [6.07, 6.45) is 1.23. The monoisotopic (exact) mass is 255 g/mol. The van der Waals surface area contributed by atoms with Gasteiger partial charge in [-0.05, 0) is 23.6 Å². The van der Waals surface area contributed by atoms with Gasteiger partial charge < -0.3 is 4.57 Å². The molecular formula is C14H13N3S. The number of nitrogens with one attached hydrogen (secondary N) is 1. The number of imidazole rings is 1. The maximum absolute atomic E-state index is 4.74. The molecular weight excluding hydrogens is 242 g/mol. The van der Waals surface area contributed by atoms with Gasteiger partial charge in [-0.2, -0.15) is 0 Å². The van der Waals surface area contributed by atoms with Crippen LogP contribution in [-0.4, -0.2) is 16.1 Å². The number of fused-ring (bicyclic) bond motifs is 3. The molecule has 0 unspecified atom stereocenters. The molecule has 1 aliphatic rings. The van der Waals surface area contributed by atoms with Gasteiger partial charge in [0, 0.05) is 17.8 Å². The van der Waals surface area contributed by atoms with Crippen molar-refractivity contribution in [2.24, 2.45) is 0 Å². The van der Waals surface area contributed by atoms with Gasteiger partial charge in [0.25, 0.3) is 0 Å². The zero-order chi connectivity index (χ0) is 11.9. The summed E-state index contributed by atoms with van der Waals surface area (Å²) in [6.45, 7) is 0.992. The molecule has 0 aliphatic carbocycles. The van der Waals surface area contributed by atoms with Gasteiger partial charge in [0.05, 0.1) is 11.0 Å². The quantitative estimate of drug-likeness (QED) is 0.724. The van der Waals surface area contributed by atoms with E-state index in [4.69, 9.17) is 4.98 Å². The summed E-state index contributed by atoms with van der Waals surface area (Å²) in [5, 5.41) is 5.72. The van der Waals surface area contributed by atoms with Crippen molar-refractivity contribution in [2.75, 3.05) is 6.54 Å². The Kier molecular flexibility index (Phi) is 2.25. The number of rotatable bonds is 1. The van der Waals surface area contributed by atoms with Gasteiger partial charge in [0.15, 0.2) is 0 Å². The molecule has 1 aromatic carbocycles. The van der Waals surface area contributed by atoms with E-state index >= 15 is 0 Å². The van der Waals surface area contributed by atoms with Crippen molar-refractivity contribution < 1.29 is 0 Å². The van der Waals surface area contributed by atoms with Crippen LogP contribution in [0.15, 0.2) is 41.8 Å². The Hall–Kier alpha value is -1.65. The molecule has 2 aromatic heterocycles. The van der Waals surface area contributed by atoms with Crippen LogP contribution in [0, 0.1) is 0 Å².